The van der Waals surface area contributed by atoms with Crippen LogP contribution in [0.2, 0.25) is 0 Å². The lowest BCUT2D eigenvalue weighted by atomic mass is 10.1. The van der Waals surface area contributed by atoms with Crippen LogP contribution >= 0.6 is 0 Å². The highest BCUT2D eigenvalue weighted by molar-refractivity contribution is 5.96. The van der Waals surface area contributed by atoms with Crippen LogP contribution in [-0.2, 0) is 17.5 Å². The molecule has 0 fully saturated rings. The van der Waals surface area contributed by atoms with Crippen molar-refractivity contribution in [3.8, 4) is 5.88 Å². The number of hydrogen-bond donors (Lipinski definition) is 1. The predicted molar refractivity (Wildman–Crippen MR) is 84.2 cm³/mol. The average molecular weight is 372 g/mol. The van der Waals surface area contributed by atoms with Gasteiger partial charge in [0.15, 0.2) is 0 Å². The molecule has 0 spiro atoms. The molecular weight excluding hydrogens is 356 g/mol. The van der Waals surface area contributed by atoms with Gasteiger partial charge in [-0.05, 0) is 29.8 Å². The first-order chi connectivity index (χ1) is 12.3. The fraction of sp³-hybridized carbons (Fsp3) is 0.294. The number of carbonyl (C=O) groups excluding carboxylic acids is 1. The molecule has 0 radical (unpaired) electrons. The summed E-state index contributed by atoms with van der Waals surface area (Å²) in [5.74, 6) is -1.63. The zero-order chi connectivity index (χ0) is 19.2. The van der Waals surface area contributed by atoms with Gasteiger partial charge in [0, 0.05) is 19.9 Å². The number of carbonyl (C=O) groups is 1. The zero-order valence-corrected chi connectivity index (χ0v) is 13.8. The second-order valence-corrected chi connectivity index (χ2v) is 5.18. The molecule has 1 amide bonds. The van der Waals surface area contributed by atoms with Crippen LogP contribution in [0.1, 0.15) is 21.5 Å². The number of methoxy groups -OCH3 is 1. The predicted octanol–water partition coefficient (Wildman–Crippen LogP) is 3.19. The average Bonchev–Trinajstić information content (AvgIpc) is 2.60. The van der Waals surface area contributed by atoms with Crippen molar-refractivity contribution >= 4 is 5.91 Å². The van der Waals surface area contributed by atoms with Gasteiger partial charge in [-0.2, -0.15) is 13.2 Å². The van der Waals surface area contributed by atoms with E-state index in [4.69, 9.17) is 9.47 Å². The molecule has 1 heterocycles. The molecule has 0 bridgehead atoms. The Morgan fingerprint density at radius 3 is 2.69 bits per heavy atom. The monoisotopic (exact) mass is 372 g/mol. The van der Waals surface area contributed by atoms with Gasteiger partial charge in [-0.1, -0.05) is 6.07 Å². The van der Waals surface area contributed by atoms with Crippen molar-refractivity contribution in [1.82, 2.24) is 10.3 Å². The van der Waals surface area contributed by atoms with Crippen LogP contribution in [-0.4, -0.2) is 31.2 Å². The smallest absolute Gasteiger partial charge is 0.416 e. The van der Waals surface area contributed by atoms with Crippen molar-refractivity contribution in [3.63, 3.8) is 0 Å². The summed E-state index contributed by atoms with van der Waals surface area (Å²) in [6.07, 6.45) is -3.31. The molecule has 0 saturated heterocycles. The number of nitrogens with zero attached hydrogens (tertiary/aromatic N) is 1. The Kier molecular flexibility index (Phi) is 6.51. The normalized spacial score (nSPS) is 11.3. The number of alkyl halides is 3. The summed E-state index contributed by atoms with van der Waals surface area (Å²) in [7, 11) is 1.48. The SMILES string of the molecule is COCCOc1ncccc1C(=O)NCc1ccc(F)cc1C(F)(F)F. The van der Waals surface area contributed by atoms with Crippen LogP contribution in [0.4, 0.5) is 17.6 Å². The van der Waals surface area contributed by atoms with E-state index in [1.165, 1.54) is 25.4 Å². The minimum Gasteiger partial charge on any atom is -0.475 e. The quantitative estimate of drug-likeness (QED) is 0.599. The van der Waals surface area contributed by atoms with Gasteiger partial charge in [0.1, 0.15) is 18.0 Å². The summed E-state index contributed by atoms with van der Waals surface area (Å²) in [6.45, 7) is 0.00644. The summed E-state index contributed by atoms with van der Waals surface area (Å²) in [5, 5.41) is 2.37. The molecule has 1 aromatic carbocycles. The van der Waals surface area contributed by atoms with E-state index in [0.717, 1.165) is 12.1 Å². The summed E-state index contributed by atoms with van der Waals surface area (Å²) >= 11 is 0. The van der Waals surface area contributed by atoms with Gasteiger partial charge >= 0.3 is 6.18 Å². The van der Waals surface area contributed by atoms with Crippen LogP contribution in [0.3, 0.4) is 0 Å². The fourth-order valence-corrected chi connectivity index (χ4v) is 2.14. The summed E-state index contributed by atoms with van der Waals surface area (Å²) in [6, 6.07) is 5.21. The molecule has 1 N–H and O–H groups in total. The van der Waals surface area contributed by atoms with Crippen LogP contribution in [0.25, 0.3) is 0 Å². The summed E-state index contributed by atoms with van der Waals surface area (Å²) in [4.78, 5) is 16.2. The lowest BCUT2D eigenvalue weighted by Crippen LogP contribution is -2.25. The van der Waals surface area contributed by atoms with E-state index in [1.54, 1.807) is 0 Å². The molecule has 0 aliphatic heterocycles. The van der Waals surface area contributed by atoms with Gasteiger partial charge in [0.2, 0.25) is 5.88 Å². The van der Waals surface area contributed by atoms with Crippen molar-refractivity contribution in [3.05, 3.63) is 59.0 Å². The molecular formula is C17H16F4N2O3. The third-order valence-electron chi connectivity index (χ3n) is 3.36. The molecule has 0 aliphatic carbocycles. The molecule has 140 valence electrons. The van der Waals surface area contributed by atoms with Crippen LogP contribution in [0, 0.1) is 5.82 Å². The Hall–Kier alpha value is -2.68. The van der Waals surface area contributed by atoms with Gasteiger partial charge in [0.25, 0.3) is 5.91 Å². The van der Waals surface area contributed by atoms with Crippen LogP contribution in [0.5, 0.6) is 5.88 Å². The van der Waals surface area contributed by atoms with E-state index in [1.807, 2.05) is 0 Å². The molecule has 1 aromatic heterocycles. The highest BCUT2D eigenvalue weighted by Gasteiger charge is 2.33. The van der Waals surface area contributed by atoms with E-state index >= 15 is 0 Å². The highest BCUT2D eigenvalue weighted by atomic mass is 19.4. The molecule has 0 atom stereocenters. The lowest BCUT2D eigenvalue weighted by Gasteiger charge is -2.14. The van der Waals surface area contributed by atoms with Crippen molar-refractivity contribution in [2.75, 3.05) is 20.3 Å². The summed E-state index contributed by atoms with van der Waals surface area (Å²) in [5.41, 5.74) is -1.32. The first-order valence-corrected chi connectivity index (χ1v) is 7.53. The van der Waals surface area contributed by atoms with E-state index in [0.29, 0.717) is 6.07 Å². The van der Waals surface area contributed by atoms with Gasteiger partial charge in [-0.25, -0.2) is 9.37 Å². The number of benzene rings is 1. The Balaban J connectivity index is 2.13. The standard InChI is InChI=1S/C17H16F4N2O3/c1-25-7-8-26-16-13(3-2-6-22-16)15(24)23-10-11-4-5-12(18)9-14(11)17(19,20)21/h2-6,9H,7-8,10H2,1H3,(H,23,24). The van der Waals surface area contributed by atoms with Crippen LogP contribution < -0.4 is 10.1 Å². The van der Waals surface area contributed by atoms with E-state index in [-0.39, 0.29) is 30.2 Å². The van der Waals surface area contributed by atoms with Crippen molar-refractivity contribution in [2.24, 2.45) is 0 Å². The molecule has 26 heavy (non-hydrogen) atoms. The Morgan fingerprint density at radius 1 is 1.23 bits per heavy atom. The first kappa shape index (κ1) is 19.6. The third-order valence-corrected chi connectivity index (χ3v) is 3.36. The molecule has 0 aliphatic rings. The van der Waals surface area contributed by atoms with Crippen LogP contribution in [0.15, 0.2) is 36.5 Å². The fourth-order valence-electron chi connectivity index (χ4n) is 2.14. The zero-order valence-electron chi connectivity index (χ0n) is 13.8. The molecule has 2 rings (SSSR count). The number of pyridine rings is 1. The first-order valence-electron chi connectivity index (χ1n) is 7.53. The topological polar surface area (TPSA) is 60.5 Å². The second-order valence-electron chi connectivity index (χ2n) is 5.18. The van der Waals surface area contributed by atoms with Gasteiger partial charge < -0.3 is 14.8 Å². The Bertz CT molecular complexity index is 766. The Labute approximate surface area is 146 Å². The van der Waals surface area contributed by atoms with Crippen molar-refractivity contribution < 1.29 is 31.8 Å². The highest BCUT2D eigenvalue weighted by Crippen LogP contribution is 2.32. The summed E-state index contributed by atoms with van der Waals surface area (Å²) < 4.78 is 62.2. The van der Waals surface area contributed by atoms with Crippen molar-refractivity contribution in [1.29, 1.82) is 0 Å². The molecule has 9 heteroatoms. The minimum absolute atomic E-state index is 0.0391. The molecule has 0 unspecified atom stereocenters. The second kappa shape index (κ2) is 8.61. The maximum absolute atomic E-state index is 13.1. The minimum atomic E-state index is -4.73. The van der Waals surface area contributed by atoms with Gasteiger partial charge in [0.05, 0.1) is 12.2 Å². The number of ether oxygens (including phenoxy) is 2. The number of hydrogen-bond acceptors (Lipinski definition) is 4. The lowest BCUT2D eigenvalue weighted by molar-refractivity contribution is -0.138. The molecule has 5 nitrogen and oxygen atoms in total. The maximum Gasteiger partial charge on any atom is 0.416 e. The number of nitrogens with one attached hydrogen (secondary N) is 1. The van der Waals surface area contributed by atoms with E-state index in [2.05, 4.69) is 10.3 Å². The van der Waals surface area contributed by atoms with E-state index in [9.17, 15) is 22.4 Å². The third kappa shape index (κ3) is 5.16. The number of rotatable bonds is 7. The van der Waals surface area contributed by atoms with Crippen molar-refractivity contribution in [2.45, 2.75) is 12.7 Å². The maximum atomic E-state index is 13.1. The van der Waals surface area contributed by atoms with Gasteiger partial charge in [-0.3, -0.25) is 4.79 Å². The number of aromatic nitrogens is 1. The van der Waals surface area contributed by atoms with Gasteiger partial charge in [-0.15, -0.1) is 0 Å². The molecule has 2 aromatic rings. The molecule has 0 saturated carbocycles. The Morgan fingerprint density at radius 2 is 2.00 bits per heavy atom. The number of halogens is 4. The number of amides is 1. The van der Waals surface area contributed by atoms with E-state index < -0.39 is 30.0 Å². The largest absolute Gasteiger partial charge is 0.475 e.